The van der Waals surface area contributed by atoms with Crippen molar-refractivity contribution in [2.45, 2.75) is 6.54 Å². The Morgan fingerprint density at radius 2 is 2.04 bits per heavy atom. The average Bonchev–Trinajstić information content (AvgIpc) is 2.67. The summed E-state index contributed by atoms with van der Waals surface area (Å²) in [6, 6.07) is 8.59. The van der Waals surface area contributed by atoms with Crippen molar-refractivity contribution in [1.29, 1.82) is 5.41 Å². The maximum Gasteiger partial charge on any atom is 0.321 e. The van der Waals surface area contributed by atoms with Crippen LogP contribution >= 0.6 is 0 Å². The first-order valence-corrected chi connectivity index (χ1v) is 8.20. The Morgan fingerprint density at radius 3 is 2.73 bits per heavy atom. The summed E-state index contributed by atoms with van der Waals surface area (Å²) in [5.41, 5.74) is 13.1. The van der Waals surface area contributed by atoms with E-state index in [1.165, 1.54) is 0 Å². The molecule has 3 rings (SSSR count). The molecule has 0 radical (unpaired) electrons. The fourth-order valence-electron chi connectivity index (χ4n) is 2.72. The van der Waals surface area contributed by atoms with Gasteiger partial charge >= 0.3 is 6.03 Å². The summed E-state index contributed by atoms with van der Waals surface area (Å²) in [4.78, 5) is 23.5. The van der Waals surface area contributed by atoms with Crippen molar-refractivity contribution in [2.75, 3.05) is 31.2 Å². The fourth-order valence-corrected chi connectivity index (χ4v) is 2.72. The number of anilines is 1. The maximum absolute atomic E-state index is 11.4. The van der Waals surface area contributed by atoms with E-state index in [1.807, 2.05) is 30.3 Å². The van der Waals surface area contributed by atoms with Crippen LogP contribution in [0.4, 0.5) is 10.7 Å². The lowest BCUT2D eigenvalue weighted by Crippen LogP contribution is -2.43. The van der Waals surface area contributed by atoms with E-state index in [1.54, 1.807) is 6.20 Å². The number of amides is 2. The van der Waals surface area contributed by atoms with E-state index in [-0.39, 0.29) is 12.5 Å². The number of nitrogens with two attached hydrogens (primary N) is 2. The minimum Gasteiger partial charge on any atom is -0.378 e. The van der Waals surface area contributed by atoms with Gasteiger partial charge in [0.1, 0.15) is 0 Å². The summed E-state index contributed by atoms with van der Waals surface area (Å²) in [6.07, 6.45) is 1.73. The van der Waals surface area contributed by atoms with Crippen molar-refractivity contribution in [2.24, 2.45) is 11.5 Å². The third-order valence-electron chi connectivity index (χ3n) is 4.06. The third-order valence-corrected chi connectivity index (χ3v) is 4.06. The average molecular weight is 355 g/mol. The Bertz CT molecular complexity index is 791. The van der Waals surface area contributed by atoms with Gasteiger partial charge in [-0.2, -0.15) is 0 Å². The van der Waals surface area contributed by atoms with Crippen LogP contribution in [-0.2, 0) is 11.3 Å². The molecule has 0 bridgehead atoms. The van der Waals surface area contributed by atoms with Crippen LogP contribution in [0.15, 0.2) is 36.5 Å². The molecule has 9 heteroatoms. The third kappa shape index (κ3) is 4.06. The van der Waals surface area contributed by atoms with Crippen LogP contribution in [0.1, 0.15) is 5.56 Å². The van der Waals surface area contributed by atoms with Crippen molar-refractivity contribution in [3.05, 3.63) is 42.1 Å². The van der Waals surface area contributed by atoms with E-state index in [0.29, 0.717) is 19.2 Å². The second kappa shape index (κ2) is 7.79. The molecule has 2 aromatic rings. The Kier molecular flexibility index (Phi) is 5.28. The quantitative estimate of drug-likeness (QED) is 0.547. The molecular weight excluding hydrogens is 334 g/mol. The molecule has 1 fully saturated rings. The van der Waals surface area contributed by atoms with E-state index >= 15 is 0 Å². The number of nitrogens with zero attached hydrogens (tertiary/aromatic N) is 4. The molecule has 0 atom stereocenters. The second-order valence-electron chi connectivity index (χ2n) is 5.85. The Hall–Kier alpha value is -3.20. The van der Waals surface area contributed by atoms with Crippen LogP contribution in [0.3, 0.4) is 0 Å². The van der Waals surface area contributed by atoms with E-state index in [4.69, 9.17) is 21.6 Å². The van der Waals surface area contributed by atoms with Gasteiger partial charge in [-0.05, 0) is 17.7 Å². The van der Waals surface area contributed by atoms with Crippen LogP contribution in [0.2, 0.25) is 0 Å². The molecule has 1 aromatic carbocycles. The SMILES string of the molecule is N=C(N)N(Cc1cccc(-c2ccnc(N3CCOCC3)n2)c1)C(N)=O. The number of guanidine groups is 1. The van der Waals surface area contributed by atoms with Gasteiger partial charge in [0.2, 0.25) is 5.95 Å². The van der Waals surface area contributed by atoms with E-state index in [9.17, 15) is 4.79 Å². The molecule has 9 nitrogen and oxygen atoms in total. The molecule has 26 heavy (non-hydrogen) atoms. The number of carbonyl (C=O) groups excluding carboxylic acids is 1. The first-order chi connectivity index (χ1) is 12.5. The van der Waals surface area contributed by atoms with Gasteiger partial charge in [-0.25, -0.2) is 14.8 Å². The van der Waals surface area contributed by atoms with Gasteiger partial charge < -0.3 is 21.1 Å². The van der Waals surface area contributed by atoms with Gasteiger partial charge in [0.15, 0.2) is 5.96 Å². The first-order valence-electron chi connectivity index (χ1n) is 8.20. The number of benzene rings is 1. The lowest BCUT2D eigenvalue weighted by atomic mass is 10.1. The summed E-state index contributed by atoms with van der Waals surface area (Å²) < 4.78 is 5.36. The monoisotopic (exact) mass is 355 g/mol. The van der Waals surface area contributed by atoms with Gasteiger partial charge in [-0.15, -0.1) is 0 Å². The standard InChI is InChI=1S/C17H21N7O2/c18-15(19)24(16(20)25)11-12-2-1-3-13(10-12)14-4-5-21-17(22-14)23-6-8-26-9-7-23/h1-5,10H,6-9,11H2,(H3,18,19)(H2,20,25). The van der Waals surface area contributed by atoms with Crippen molar-refractivity contribution in [3.63, 3.8) is 0 Å². The fraction of sp³-hybridized carbons (Fsp3) is 0.294. The summed E-state index contributed by atoms with van der Waals surface area (Å²) in [6.45, 7) is 2.97. The number of morpholine rings is 1. The summed E-state index contributed by atoms with van der Waals surface area (Å²) in [5.74, 6) is 0.276. The molecule has 0 spiro atoms. The van der Waals surface area contributed by atoms with Gasteiger partial charge in [0.05, 0.1) is 25.5 Å². The lowest BCUT2D eigenvalue weighted by molar-refractivity contribution is 0.122. The predicted molar refractivity (Wildman–Crippen MR) is 97.5 cm³/mol. The Labute approximate surface area is 151 Å². The minimum absolute atomic E-state index is 0.125. The molecule has 2 amide bonds. The van der Waals surface area contributed by atoms with Gasteiger partial charge in [-0.1, -0.05) is 18.2 Å². The zero-order valence-corrected chi connectivity index (χ0v) is 14.3. The number of rotatable bonds is 4. The van der Waals surface area contributed by atoms with Gasteiger partial charge in [-0.3, -0.25) is 10.3 Å². The highest BCUT2D eigenvalue weighted by Crippen LogP contribution is 2.21. The number of hydrogen-bond acceptors (Lipinski definition) is 6. The van der Waals surface area contributed by atoms with E-state index in [2.05, 4.69) is 14.9 Å². The molecule has 0 saturated carbocycles. The highest BCUT2D eigenvalue weighted by Gasteiger charge is 2.16. The summed E-state index contributed by atoms with van der Waals surface area (Å²) in [7, 11) is 0. The highest BCUT2D eigenvalue weighted by molar-refractivity contribution is 5.93. The summed E-state index contributed by atoms with van der Waals surface area (Å²) in [5, 5.41) is 7.46. The molecule has 2 heterocycles. The van der Waals surface area contributed by atoms with Crippen LogP contribution in [0, 0.1) is 5.41 Å². The molecule has 0 aliphatic carbocycles. The number of carbonyl (C=O) groups is 1. The van der Waals surface area contributed by atoms with Crippen LogP contribution in [-0.4, -0.2) is 53.2 Å². The number of hydrogen-bond donors (Lipinski definition) is 3. The van der Waals surface area contributed by atoms with Gasteiger partial charge in [0.25, 0.3) is 0 Å². The number of ether oxygens (including phenoxy) is 1. The van der Waals surface area contributed by atoms with E-state index in [0.717, 1.165) is 34.8 Å². The van der Waals surface area contributed by atoms with Crippen molar-refractivity contribution < 1.29 is 9.53 Å². The highest BCUT2D eigenvalue weighted by atomic mass is 16.5. The topological polar surface area (TPSA) is 134 Å². The van der Waals surface area contributed by atoms with Crippen molar-refractivity contribution in [1.82, 2.24) is 14.9 Å². The zero-order valence-electron chi connectivity index (χ0n) is 14.3. The van der Waals surface area contributed by atoms with Gasteiger partial charge in [0, 0.05) is 24.8 Å². The molecule has 1 aliphatic heterocycles. The molecule has 1 aliphatic rings. The predicted octanol–water partition coefficient (Wildman–Crippen LogP) is 0.754. The molecule has 1 saturated heterocycles. The lowest BCUT2D eigenvalue weighted by Gasteiger charge is -2.26. The number of primary amides is 1. The zero-order chi connectivity index (χ0) is 18.5. The van der Waals surface area contributed by atoms with Crippen LogP contribution in [0.5, 0.6) is 0 Å². The number of urea groups is 1. The Balaban J connectivity index is 1.83. The Morgan fingerprint density at radius 1 is 1.27 bits per heavy atom. The minimum atomic E-state index is -0.764. The van der Waals surface area contributed by atoms with E-state index < -0.39 is 6.03 Å². The smallest absolute Gasteiger partial charge is 0.321 e. The molecule has 5 N–H and O–H groups in total. The van der Waals surface area contributed by atoms with Crippen LogP contribution in [0.25, 0.3) is 11.3 Å². The number of aromatic nitrogens is 2. The number of nitrogens with one attached hydrogen (secondary N) is 1. The maximum atomic E-state index is 11.4. The summed E-state index contributed by atoms with van der Waals surface area (Å²) >= 11 is 0. The van der Waals surface area contributed by atoms with Crippen molar-refractivity contribution >= 4 is 17.9 Å². The molecular formula is C17H21N7O2. The largest absolute Gasteiger partial charge is 0.378 e. The normalized spacial score (nSPS) is 14.1. The first kappa shape index (κ1) is 17.6. The molecule has 0 unspecified atom stereocenters. The second-order valence-corrected chi connectivity index (χ2v) is 5.85. The van der Waals surface area contributed by atoms with Crippen LogP contribution < -0.4 is 16.4 Å². The van der Waals surface area contributed by atoms with Crippen molar-refractivity contribution in [3.8, 4) is 11.3 Å². The molecule has 1 aromatic heterocycles. The molecule has 136 valence electrons.